The molecule has 17 heavy (non-hydrogen) atoms. The van der Waals surface area contributed by atoms with Crippen LogP contribution in [0.4, 0.5) is 0 Å². The van der Waals surface area contributed by atoms with Crippen LogP contribution in [0, 0.1) is 0 Å². The van der Waals surface area contributed by atoms with Crippen LogP contribution in [0.25, 0.3) is 0 Å². The van der Waals surface area contributed by atoms with Crippen molar-refractivity contribution in [3.8, 4) is 0 Å². The van der Waals surface area contributed by atoms with E-state index in [2.05, 4.69) is 6.92 Å². The highest BCUT2D eigenvalue weighted by atomic mass is 16.7. The maximum atomic E-state index is 9.97. The van der Waals surface area contributed by atoms with Gasteiger partial charge in [0.2, 0.25) is 0 Å². The van der Waals surface area contributed by atoms with Crippen LogP contribution in [0.2, 0.25) is 0 Å². The summed E-state index contributed by atoms with van der Waals surface area (Å²) in [7, 11) is 0. The quantitative estimate of drug-likeness (QED) is 0.756. The van der Waals surface area contributed by atoms with E-state index in [9.17, 15) is 10.2 Å². The highest BCUT2D eigenvalue weighted by Gasteiger charge is 2.47. The van der Waals surface area contributed by atoms with E-state index in [0.29, 0.717) is 19.6 Å². The lowest BCUT2D eigenvalue weighted by Gasteiger charge is -2.46. The highest BCUT2D eigenvalue weighted by molar-refractivity contribution is 4.95. The Kier molecular flexibility index (Phi) is 4.38. The van der Waals surface area contributed by atoms with Gasteiger partial charge in [0.1, 0.15) is 5.60 Å². The van der Waals surface area contributed by atoms with Gasteiger partial charge in [-0.25, -0.2) is 0 Å². The molecule has 0 aromatic heterocycles. The van der Waals surface area contributed by atoms with Crippen LogP contribution < -0.4 is 0 Å². The first-order chi connectivity index (χ1) is 8.16. The molecule has 5 nitrogen and oxygen atoms in total. The van der Waals surface area contributed by atoms with Crippen molar-refractivity contribution in [1.82, 2.24) is 0 Å². The smallest absolute Gasteiger partial charge is 0.157 e. The molecule has 2 atom stereocenters. The lowest BCUT2D eigenvalue weighted by molar-refractivity contribution is -0.308. The third-order valence-corrected chi connectivity index (χ3v) is 3.49. The fraction of sp³-hybridized carbons (Fsp3) is 1.00. The zero-order valence-electron chi connectivity index (χ0n) is 10.3. The minimum absolute atomic E-state index is 0.178. The van der Waals surface area contributed by atoms with Crippen molar-refractivity contribution in [2.45, 2.75) is 56.7 Å². The second-order valence-corrected chi connectivity index (χ2v) is 4.97. The standard InChI is InChI=1S/C12H22O5/c1-2-3-4-11-15-7-12(8-16-11)10(14)5-9(13)6-17-12/h9-11,13-14H,2-8H2,1H3/t9-,10?,11?,12?/m0/s1. The van der Waals surface area contributed by atoms with Crippen molar-refractivity contribution in [2.24, 2.45) is 0 Å². The maximum absolute atomic E-state index is 9.97. The average molecular weight is 246 g/mol. The Morgan fingerprint density at radius 2 is 1.94 bits per heavy atom. The summed E-state index contributed by atoms with van der Waals surface area (Å²) in [5.41, 5.74) is -0.776. The Balaban J connectivity index is 1.84. The predicted molar refractivity (Wildman–Crippen MR) is 60.5 cm³/mol. The first-order valence-electron chi connectivity index (χ1n) is 6.39. The molecule has 5 heteroatoms. The van der Waals surface area contributed by atoms with Crippen LogP contribution in [-0.2, 0) is 14.2 Å². The maximum Gasteiger partial charge on any atom is 0.157 e. The van der Waals surface area contributed by atoms with Gasteiger partial charge in [0.05, 0.1) is 32.0 Å². The van der Waals surface area contributed by atoms with Crippen LogP contribution >= 0.6 is 0 Å². The molecule has 2 aliphatic heterocycles. The molecule has 0 bridgehead atoms. The zero-order chi connectivity index (χ0) is 12.3. The molecule has 2 rings (SSSR count). The molecule has 2 saturated heterocycles. The Morgan fingerprint density at radius 1 is 1.24 bits per heavy atom. The molecule has 0 radical (unpaired) electrons. The van der Waals surface area contributed by atoms with Gasteiger partial charge < -0.3 is 24.4 Å². The van der Waals surface area contributed by atoms with Crippen molar-refractivity contribution in [3.05, 3.63) is 0 Å². The number of unbranched alkanes of at least 4 members (excludes halogenated alkanes) is 1. The van der Waals surface area contributed by atoms with Crippen molar-refractivity contribution in [1.29, 1.82) is 0 Å². The van der Waals surface area contributed by atoms with Crippen LogP contribution in [0.1, 0.15) is 32.6 Å². The fourth-order valence-corrected chi connectivity index (χ4v) is 2.27. The van der Waals surface area contributed by atoms with E-state index in [1.165, 1.54) is 0 Å². The van der Waals surface area contributed by atoms with E-state index in [0.717, 1.165) is 19.3 Å². The summed E-state index contributed by atoms with van der Waals surface area (Å²) in [5.74, 6) is 0. The Bertz CT molecular complexity index is 237. The summed E-state index contributed by atoms with van der Waals surface area (Å²) in [6, 6.07) is 0. The van der Waals surface area contributed by atoms with Gasteiger partial charge >= 0.3 is 0 Å². The second kappa shape index (κ2) is 5.63. The van der Waals surface area contributed by atoms with E-state index in [-0.39, 0.29) is 12.9 Å². The van der Waals surface area contributed by atoms with Gasteiger partial charge in [-0.3, -0.25) is 0 Å². The van der Waals surface area contributed by atoms with Crippen molar-refractivity contribution in [2.75, 3.05) is 19.8 Å². The van der Waals surface area contributed by atoms with Crippen LogP contribution in [0.15, 0.2) is 0 Å². The first kappa shape index (κ1) is 13.2. The molecule has 2 fully saturated rings. The summed E-state index contributed by atoms with van der Waals surface area (Å²) in [4.78, 5) is 0. The molecule has 1 spiro atoms. The lowest BCUT2D eigenvalue weighted by Crippen LogP contribution is -2.61. The fourth-order valence-electron chi connectivity index (χ4n) is 2.27. The highest BCUT2D eigenvalue weighted by Crippen LogP contribution is 2.31. The monoisotopic (exact) mass is 246 g/mol. The van der Waals surface area contributed by atoms with Gasteiger partial charge in [0.25, 0.3) is 0 Å². The largest absolute Gasteiger partial charge is 0.391 e. The Morgan fingerprint density at radius 3 is 2.53 bits per heavy atom. The van der Waals surface area contributed by atoms with E-state index in [1.54, 1.807) is 0 Å². The number of ether oxygens (including phenoxy) is 3. The first-order valence-corrected chi connectivity index (χ1v) is 6.39. The number of hydrogen-bond acceptors (Lipinski definition) is 5. The van der Waals surface area contributed by atoms with Crippen LogP contribution in [0.5, 0.6) is 0 Å². The zero-order valence-corrected chi connectivity index (χ0v) is 10.3. The molecule has 0 aromatic carbocycles. The van der Waals surface area contributed by atoms with Gasteiger partial charge in [0.15, 0.2) is 6.29 Å². The minimum Gasteiger partial charge on any atom is -0.391 e. The summed E-state index contributed by atoms with van der Waals surface area (Å²) < 4.78 is 16.7. The summed E-state index contributed by atoms with van der Waals surface area (Å²) in [5, 5.41) is 19.4. The number of hydrogen-bond donors (Lipinski definition) is 2. The molecule has 2 heterocycles. The summed E-state index contributed by atoms with van der Waals surface area (Å²) in [6.07, 6.45) is 1.90. The Labute approximate surface area is 102 Å². The molecular formula is C12H22O5. The topological polar surface area (TPSA) is 68.2 Å². The molecule has 100 valence electrons. The third-order valence-electron chi connectivity index (χ3n) is 3.49. The predicted octanol–water partition coefficient (Wildman–Crippen LogP) is 0.430. The molecule has 2 N–H and O–H groups in total. The summed E-state index contributed by atoms with van der Waals surface area (Å²) >= 11 is 0. The lowest BCUT2D eigenvalue weighted by atomic mass is 9.90. The van der Waals surface area contributed by atoms with E-state index >= 15 is 0 Å². The van der Waals surface area contributed by atoms with Gasteiger partial charge in [-0.15, -0.1) is 0 Å². The molecule has 0 aromatic rings. The van der Waals surface area contributed by atoms with Crippen molar-refractivity contribution < 1.29 is 24.4 Å². The van der Waals surface area contributed by atoms with Crippen LogP contribution in [-0.4, -0.2) is 54.1 Å². The van der Waals surface area contributed by atoms with E-state index in [1.807, 2.05) is 0 Å². The number of rotatable bonds is 3. The second-order valence-electron chi connectivity index (χ2n) is 4.97. The van der Waals surface area contributed by atoms with Gasteiger partial charge in [0, 0.05) is 6.42 Å². The molecule has 2 aliphatic rings. The molecule has 0 aliphatic carbocycles. The normalized spacial score (nSPS) is 42.9. The summed E-state index contributed by atoms with van der Waals surface area (Å²) in [6.45, 7) is 3.05. The number of aliphatic hydroxyl groups is 2. The van der Waals surface area contributed by atoms with Gasteiger partial charge in [-0.1, -0.05) is 13.3 Å². The molecular weight excluding hydrogens is 224 g/mol. The minimum atomic E-state index is -0.776. The Hall–Kier alpha value is -0.200. The van der Waals surface area contributed by atoms with E-state index < -0.39 is 17.8 Å². The molecule has 0 amide bonds. The van der Waals surface area contributed by atoms with Crippen LogP contribution in [0.3, 0.4) is 0 Å². The molecule has 0 saturated carbocycles. The van der Waals surface area contributed by atoms with Crippen molar-refractivity contribution >= 4 is 0 Å². The third kappa shape index (κ3) is 2.98. The van der Waals surface area contributed by atoms with Crippen molar-refractivity contribution in [3.63, 3.8) is 0 Å². The van der Waals surface area contributed by atoms with E-state index in [4.69, 9.17) is 14.2 Å². The van der Waals surface area contributed by atoms with Gasteiger partial charge in [-0.2, -0.15) is 0 Å². The SMILES string of the molecule is CCCCC1OCC2(CO1)OC[C@@H](O)CC2O. The average Bonchev–Trinajstić information content (AvgIpc) is 2.34. The number of aliphatic hydroxyl groups excluding tert-OH is 2. The van der Waals surface area contributed by atoms with Gasteiger partial charge in [-0.05, 0) is 12.8 Å². The molecule has 1 unspecified atom stereocenters.